The fourth-order valence-electron chi connectivity index (χ4n) is 1.52. The van der Waals surface area contributed by atoms with Gasteiger partial charge in [-0.2, -0.15) is 5.10 Å². The Labute approximate surface area is 119 Å². The minimum Gasteiger partial charge on any atom is -0.325 e. The SMILES string of the molecule is Cn1cnc(CNCC(=O)Nc2cccc(Br)c2)n1. The number of rotatable bonds is 5. The van der Waals surface area contributed by atoms with Gasteiger partial charge in [-0.3, -0.25) is 9.48 Å². The van der Waals surface area contributed by atoms with Gasteiger partial charge in [0.15, 0.2) is 5.82 Å². The number of aryl methyl sites for hydroxylation is 1. The van der Waals surface area contributed by atoms with Gasteiger partial charge in [0.25, 0.3) is 0 Å². The van der Waals surface area contributed by atoms with Crippen LogP contribution < -0.4 is 10.6 Å². The summed E-state index contributed by atoms with van der Waals surface area (Å²) in [6.45, 7) is 0.678. The van der Waals surface area contributed by atoms with Gasteiger partial charge in [0.05, 0.1) is 13.1 Å². The van der Waals surface area contributed by atoms with Crippen LogP contribution >= 0.6 is 15.9 Å². The third-order valence-corrected chi connectivity index (χ3v) is 2.82. The van der Waals surface area contributed by atoms with E-state index in [4.69, 9.17) is 0 Å². The second-order valence-electron chi connectivity index (χ2n) is 4.00. The van der Waals surface area contributed by atoms with E-state index in [9.17, 15) is 4.79 Å². The van der Waals surface area contributed by atoms with Gasteiger partial charge in [0.2, 0.25) is 5.91 Å². The summed E-state index contributed by atoms with van der Waals surface area (Å²) in [6.07, 6.45) is 1.62. The molecule has 0 spiro atoms. The molecule has 0 fully saturated rings. The minimum absolute atomic E-state index is 0.103. The third-order valence-electron chi connectivity index (χ3n) is 2.32. The molecule has 0 radical (unpaired) electrons. The molecule has 0 aliphatic carbocycles. The van der Waals surface area contributed by atoms with E-state index in [2.05, 4.69) is 36.6 Å². The van der Waals surface area contributed by atoms with Crippen LogP contribution in [0.2, 0.25) is 0 Å². The van der Waals surface area contributed by atoms with E-state index in [1.54, 1.807) is 18.1 Å². The van der Waals surface area contributed by atoms with Crippen LogP contribution in [-0.2, 0) is 18.4 Å². The topological polar surface area (TPSA) is 71.8 Å². The number of hydrogen-bond acceptors (Lipinski definition) is 4. The molecule has 0 bridgehead atoms. The lowest BCUT2D eigenvalue weighted by molar-refractivity contribution is -0.115. The highest BCUT2D eigenvalue weighted by atomic mass is 79.9. The number of halogens is 1. The van der Waals surface area contributed by atoms with Crippen LogP contribution in [-0.4, -0.2) is 27.2 Å². The van der Waals surface area contributed by atoms with E-state index in [-0.39, 0.29) is 12.5 Å². The van der Waals surface area contributed by atoms with Crippen molar-refractivity contribution in [3.05, 3.63) is 40.9 Å². The Hall–Kier alpha value is -1.73. The van der Waals surface area contributed by atoms with E-state index in [0.29, 0.717) is 12.4 Å². The van der Waals surface area contributed by atoms with E-state index in [1.165, 1.54) is 0 Å². The molecule has 1 amide bonds. The van der Waals surface area contributed by atoms with E-state index < -0.39 is 0 Å². The van der Waals surface area contributed by atoms with Gasteiger partial charge in [0, 0.05) is 17.2 Å². The van der Waals surface area contributed by atoms with Crippen LogP contribution in [0.1, 0.15) is 5.82 Å². The predicted octanol–water partition coefficient (Wildman–Crippen LogP) is 1.31. The van der Waals surface area contributed by atoms with E-state index in [0.717, 1.165) is 10.2 Å². The van der Waals surface area contributed by atoms with Crippen molar-refractivity contribution in [1.29, 1.82) is 0 Å². The van der Waals surface area contributed by atoms with Crippen molar-refractivity contribution < 1.29 is 4.79 Å². The normalized spacial score (nSPS) is 10.4. The number of benzene rings is 1. The molecule has 1 aromatic carbocycles. The van der Waals surface area contributed by atoms with Crippen molar-refractivity contribution in [1.82, 2.24) is 20.1 Å². The van der Waals surface area contributed by atoms with Crippen LogP contribution in [0, 0.1) is 0 Å². The highest BCUT2D eigenvalue weighted by Gasteiger charge is 2.03. The van der Waals surface area contributed by atoms with Gasteiger partial charge in [0.1, 0.15) is 6.33 Å². The molecule has 2 aromatic rings. The first-order chi connectivity index (χ1) is 9.13. The number of carbonyl (C=O) groups excluding carboxylic acids is 1. The number of carbonyl (C=O) groups is 1. The zero-order valence-corrected chi connectivity index (χ0v) is 12.0. The molecule has 0 atom stereocenters. The fourth-order valence-corrected chi connectivity index (χ4v) is 1.92. The summed E-state index contributed by atoms with van der Waals surface area (Å²) in [5.74, 6) is 0.562. The summed E-state index contributed by atoms with van der Waals surface area (Å²) in [6, 6.07) is 7.45. The molecule has 0 saturated carbocycles. The molecule has 2 N–H and O–H groups in total. The molecule has 0 aliphatic rings. The first kappa shape index (κ1) is 13.7. The third kappa shape index (κ3) is 4.46. The fraction of sp³-hybridized carbons (Fsp3) is 0.250. The van der Waals surface area contributed by atoms with Gasteiger partial charge < -0.3 is 10.6 Å². The Balaban J connectivity index is 1.76. The van der Waals surface area contributed by atoms with Gasteiger partial charge in [-0.25, -0.2) is 4.98 Å². The highest BCUT2D eigenvalue weighted by Crippen LogP contribution is 2.15. The van der Waals surface area contributed by atoms with Crippen molar-refractivity contribution in [2.24, 2.45) is 7.05 Å². The number of aromatic nitrogens is 3. The highest BCUT2D eigenvalue weighted by molar-refractivity contribution is 9.10. The first-order valence-electron chi connectivity index (χ1n) is 5.74. The lowest BCUT2D eigenvalue weighted by atomic mass is 10.3. The Morgan fingerprint density at radius 1 is 1.47 bits per heavy atom. The van der Waals surface area contributed by atoms with Gasteiger partial charge in [-0.05, 0) is 18.2 Å². The zero-order chi connectivity index (χ0) is 13.7. The standard InChI is InChI=1S/C12H14BrN5O/c1-18-8-15-11(17-18)6-14-7-12(19)16-10-4-2-3-9(13)5-10/h2-5,8,14H,6-7H2,1H3,(H,16,19). The van der Waals surface area contributed by atoms with Gasteiger partial charge in [-0.1, -0.05) is 22.0 Å². The number of nitrogens with zero attached hydrogens (tertiary/aromatic N) is 3. The lowest BCUT2D eigenvalue weighted by Gasteiger charge is -2.05. The Morgan fingerprint density at radius 3 is 3.00 bits per heavy atom. The van der Waals surface area contributed by atoms with E-state index in [1.807, 2.05) is 24.3 Å². The summed E-state index contributed by atoms with van der Waals surface area (Å²) in [5, 5.41) is 9.89. The Morgan fingerprint density at radius 2 is 2.32 bits per heavy atom. The zero-order valence-electron chi connectivity index (χ0n) is 10.4. The van der Waals surface area contributed by atoms with Crippen LogP contribution in [0.4, 0.5) is 5.69 Å². The first-order valence-corrected chi connectivity index (χ1v) is 6.53. The van der Waals surface area contributed by atoms with Gasteiger partial charge in [-0.15, -0.1) is 0 Å². The molecule has 0 saturated heterocycles. The molecule has 7 heteroatoms. The van der Waals surface area contributed by atoms with Crippen LogP contribution in [0.15, 0.2) is 35.1 Å². The summed E-state index contributed by atoms with van der Waals surface area (Å²) in [7, 11) is 1.80. The predicted molar refractivity (Wildman–Crippen MR) is 75.5 cm³/mol. The second kappa shape index (κ2) is 6.44. The molecular formula is C12H14BrN5O. The maximum atomic E-state index is 11.7. The number of nitrogens with one attached hydrogen (secondary N) is 2. The van der Waals surface area contributed by atoms with Crippen LogP contribution in [0.3, 0.4) is 0 Å². The molecule has 0 unspecified atom stereocenters. The molecule has 6 nitrogen and oxygen atoms in total. The van der Waals surface area contributed by atoms with Crippen LogP contribution in [0.25, 0.3) is 0 Å². The molecular weight excluding hydrogens is 310 g/mol. The van der Waals surface area contributed by atoms with Crippen molar-refractivity contribution in [3.63, 3.8) is 0 Å². The molecule has 19 heavy (non-hydrogen) atoms. The molecule has 1 heterocycles. The van der Waals surface area contributed by atoms with E-state index >= 15 is 0 Å². The number of anilines is 1. The minimum atomic E-state index is -0.103. The average molecular weight is 324 g/mol. The van der Waals surface area contributed by atoms with Crippen molar-refractivity contribution in [2.45, 2.75) is 6.54 Å². The van der Waals surface area contributed by atoms with Crippen LogP contribution in [0.5, 0.6) is 0 Å². The summed E-state index contributed by atoms with van der Waals surface area (Å²) >= 11 is 3.35. The lowest BCUT2D eigenvalue weighted by Crippen LogP contribution is -2.28. The summed E-state index contributed by atoms with van der Waals surface area (Å²) in [5.41, 5.74) is 0.761. The molecule has 2 rings (SSSR count). The van der Waals surface area contributed by atoms with Gasteiger partial charge >= 0.3 is 0 Å². The largest absolute Gasteiger partial charge is 0.325 e. The maximum absolute atomic E-state index is 11.7. The summed E-state index contributed by atoms with van der Waals surface area (Å²) < 4.78 is 2.55. The molecule has 0 aliphatic heterocycles. The molecule has 1 aromatic heterocycles. The molecule has 100 valence electrons. The van der Waals surface area contributed by atoms with Crippen molar-refractivity contribution in [2.75, 3.05) is 11.9 Å². The number of amides is 1. The average Bonchev–Trinajstić information content (AvgIpc) is 2.75. The number of hydrogen-bond donors (Lipinski definition) is 2. The Bertz CT molecular complexity index is 569. The van der Waals surface area contributed by atoms with Crippen molar-refractivity contribution >= 4 is 27.5 Å². The monoisotopic (exact) mass is 323 g/mol. The summed E-state index contributed by atoms with van der Waals surface area (Å²) in [4.78, 5) is 15.7. The second-order valence-corrected chi connectivity index (χ2v) is 4.91. The smallest absolute Gasteiger partial charge is 0.238 e. The Kier molecular flexibility index (Phi) is 4.64. The quantitative estimate of drug-likeness (QED) is 0.870. The maximum Gasteiger partial charge on any atom is 0.238 e. The van der Waals surface area contributed by atoms with Crippen molar-refractivity contribution in [3.8, 4) is 0 Å².